The summed E-state index contributed by atoms with van der Waals surface area (Å²) in [6.45, 7) is 4.49. The molecule has 0 N–H and O–H groups in total. The van der Waals surface area contributed by atoms with E-state index in [2.05, 4.69) is 13.8 Å². The highest BCUT2D eigenvalue weighted by Crippen LogP contribution is 2.61. The lowest BCUT2D eigenvalue weighted by atomic mass is 10.0. The van der Waals surface area contributed by atoms with E-state index in [9.17, 15) is 0 Å². The summed E-state index contributed by atoms with van der Waals surface area (Å²) in [4.78, 5) is 0. The summed E-state index contributed by atoms with van der Waals surface area (Å²) in [5.74, 6) is 2.14. The second-order valence-electron chi connectivity index (χ2n) is 3.25. The fourth-order valence-corrected chi connectivity index (χ4v) is 1.93. The molecule has 0 aromatic carbocycles. The van der Waals surface area contributed by atoms with Crippen LogP contribution < -0.4 is 0 Å². The van der Waals surface area contributed by atoms with Crippen molar-refractivity contribution in [3.8, 4) is 0 Å². The molecule has 0 aromatic heterocycles. The van der Waals surface area contributed by atoms with Gasteiger partial charge in [0.05, 0.1) is 0 Å². The molecule has 8 heavy (non-hydrogen) atoms. The van der Waals surface area contributed by atoms with Crippen molar-refractivity contribution < 1.29 is 0 Å². The molecule has 0 aromatic rings. The van der Waals surface area contributed by atoms with Gasteiger partial charge < -0.3 is 0 Å². The zero-order valence-corrected chi connectivity index (χ0v) is 5.57. The Hall–Kier alpha value is -0.260. The Morgan fingerprint density at radius 2 is 1.75 bits per heavy atom. The Bertz CT molecular complexity index is 137. The SMILES string of the molecule is CC(C)=C1C2CCC12. The van der Waals surface area contributed by atoms with Crippen molar-refractivity contribution >= 4 is 0 Å². The first kappa shape index (κ1) is 4.60. The number of hydrogen-bond donors (Lipinski definition) is 0. The third-order valence-corrected chi connectivity index (χ3v) is 2.54. The summed E-state index contributed by atoms with van der Waals surface area (Å²) in [5.41, 5.74) is 3.39. The molecule has 0 spiro atoms. The molecule has 2 aliphatic carbocycles. The molecule has 2 fully saturated rings. The van der Waals surface area contributed by atoms with Crippen molar-refractivity contribution in [2.45, 2.75) is 26.7 Å². The molecule has 0 heteroatoms. The minimum atomic E-state index is 1.07. The molecule has 2 unspecified atom stereocenters. The lowest BCUT2D eigenvalue weighted by Gasteiger charge is -2.03. The third-order valence-electron chi connectivity index (χ3n) is 2.54. The second kappa shape index (κ2) is 1.18. The number of fused-ring (bicyclic) bond motifs is 1. The highest BCUT2D eigenvalue weighted by Gasteiger charge is 2.51. The Balaban J connectivity index is 2.23. The maximum absolute atomic E-state index is 2.24. The van der Waals surface area contributed by atoms with E-state index in [-0.39, 0.29) is 0 Å². The summed E-state index contributed by atoms with van der Waals surface area (Å²) in [6.07, 6.45) is 2.98. The van der Waals surface area contributed by atoms with E-state index in [4.69, 9.17) is 0 Å². The molecule has 0 saturated heterocycles. The zero-order valence-electron chi connectivity index (χ0n) is 5.57. The Morgan fingerprint density at radius 1 is 1.25 bits per heavy atom. The highest BCUT2D eigenvalue weighted by molar-refractivity contribution is 5.37. The molecule has 0 heterocycles. The average Bonchev–Trinajstić information content (AvgIpc) is 2.07. The van der Waals surface area contributed by atoms with Gasteiger partial charge in [-0.2, -0.15) is 0 Å². The predicted molar refractivity (Wildman–Crippen MR) is 34.6 cm³/mol. The van der Waals surface area contributed by atoms with Gasteiger partial charge in [-0.05, 0) is 38.5 Å². The molecule has 2 atom stereocenters. The number of hydrogen-bond acceptors (Lipinski definition) is 0. The quantitative estimate of drug-likeness (QED) is 0.418. The molecular formula is C8H12. The minimum Gasteiger partial charge on any atom is -0.0766 e. The van der Waals surface area contributed by atoms with Crippen molar-refractivity contribution in [2.24, 2.45) is 11.8 Å². The molecular weight excluding hydrogens is 96.1 g/mol. The molecule has 0 amide bonds. The van der Waals surface area contributed by atoms with Crippen LogP contribution >= 0.6 is 0 Å². The van der Waals surface area contributed by atoms with Gasteiger partial charge in [0.1, 0.15) is 0 Å². The van der Waals surface area contributed by atoms with E-state index in [1.165, 1.54) is 12.8 Å². The lowest BCUT2D eigenvalue weighted by molar-refractivity contribution is 0.468. The van der Waals surface area contributed by atoms with Crippen LogP contribution in [0.1, 0.15) is 26.7 Å². The van der Waals surface area contributed by atoms with Gasteiger partial charge >= 0.3 is 0 Å². The van der Waals surface area contributed by atoms with E-state index < -0.39 is 0 Å². The van der Waals surface area contributed by atoms with Crippen LogP contribution in [-0.2, 0) is 0 Å². The maximum atomic E-state index is 2.24. The van der Waals surface area contributed by atoms with Gasteiger partial charge in [-0.15, -0.1) is 0 Å². The van der Waals surface area contributed by atoms with Crippen LogP contribution in [0.2, 0.25) is 0 Å². The first-order valence-corrected chi connectivity index (χ1v) is 3.48. The standard InChI is InChI=1S/C8H12/c1-5(2)8-6-3-4-7(6)8/h6-7H,3-4H2,1-2H3. The summed E-state index contributed by atoms with van der Waals surface area (Å²) in [7, 11) is 0. The van der Waals surface area contributed by atoms with Gasteiger partial charge in [0.15, 0.2) is 0 Å². The first-order valence-electron chi connectivity index (χ1n) is 3.48. The largest absolute Gasteiger partial charge is 0.0766 e. The van der Waals surface area contributed by atoms with Crippen LogP contribution in [0.5, 0.6) is 0 Å². The molecule has 2 rings (SSSR count). The van der Waals surface area contributed by atoms with Crippen molar-refractivity contribution in [1.82, 2.24) is 0 Å². The summed E-state index contributed by atoms with van der Waals surface area (Å²) in [5, 5.41) is 0. The van der Waals surface area contributed by atoms with Crippen molar-refractivity contribution in [3.63, 3.8) is 0 Å². The fourth-order valence-electron chi connectivity index (χ4n) is 1.93. The van der Waals surface area contributed by atoms with Crippen molar-refractivity contribution in [2.75, 3.05) is 0 Å². The van der Waals surface area contributed by atoms with Crippen LogP contribution in [-0.4, -0.2) is 0 Å². The molecule has 0 bridgehead atoms. The van der Waals surface area contributed by atoms with Gasteiger partial charge in [0, 0.05) is 0 Å². The summed E-state index contributed by atoms with van der Waals surface area (Å²) < 4.78 is 0. The summed E-state index contributed by atoms with van der Waals surface area (Å²) >= 11 is 0. The van der Waals surface area contributed by atoms with E-state index in [0.717, 1.165) is 11.8 Å². The molecule has 2 aliphatic rings. The van der Waals surface area contributed by atoms with E-state index in [0.29, 0.717) is 0 Å². The van der Waals surface area contributed by atoms with Gasteiger partial charge in [0.25, 0.3) is 0 Å². The predicted octanol–water partition coefficient (Wildman–Crippen LogP) is 2.36. The van der Waals surface area contributed by atoms with Crippen molar-refractivity contribution in [3.05, 3.63) is 11.1 Å². The summed E-state index contributed by atoms with van der Waals surface area (Å²) in [6, 6.07) is 0. The minimum absolute atomic E-state index is 1.07. The molecule has 0 nitrogen and oxygen atoms in total. The normalized spacial score (nSPS) is 40.5. The van der Waals surface area contributed by atoms with E-state index >= 15 is 0 Å². The van der Waals surface area contributed by atoms with E-state index in [1.807, 2.05) is 0 Å². The van der Waals surface area contributed by atoms with Crippen LogP contribution in [0.3, 0.4) is 0 Å². The van der Waals surface area contributed by atoms with Gasteiger partial charge in [-0.25, -0.2) is 0 Å². The molecule has 2 saturated carbocycles. The average molecular weight is 108 g/mol. The monoisotopic (exact) mass is 108 g/mol. The first-order chi connectivity index (χ1) is 3.80. The van der Waals surface area contributed by atoms with Crippen LogP contribution in [0.15, 0.2) is 11.1 Å². The Kier molecular flexibility index (Phi) is 0.677. The van der Waals surface area contributed by atoms with Crippen LogP contribution in [0, 0.1) is 11.8 Å². The molecule has 0 aliphatic heterocycles. The molecule has 0 radical (unpaired) electrons. The fraction of sp³-hybridized carbons (Fsp3) is 0.750. The van der Waals surface area contributed by atoms with E-state index in [1.54, 1.807) is 11.1 Å². The number of rotatable bonds is 0. The topological polar surface area (TPSA) is 0 Å². The maximum Gasteiger partial charge on any atom is -0.0132 e. The smallest absolute Gasteiger partial charge is 0.0132 e. The van der Waals surface area contributed by atoms with Crippen LogP contribution in [0.25, 0.3) is 0 Å². The Labute approximate surface area is 50.6 Å². The van der Waals surface area contributed by atoms with Gasteiger partial charge in [0.2, 0.25) is 0 Å². The third kappa shape index (κ3) is 0.367. The molecule has 44 valence electrons. The number of allylic oxidation sites excluding steroid dienone is 2. The lowest BCUT2D eigenvalue weighted by Crippen LogP contribution is -1.93. The van der Waals surface area contributed by atoms with Crippen LogP contribution in [0.4, 0.5) is 0 Å². The van der Waals surface area contributed by atoms with Crippen molar-refractivity contribution in [1.29, 1.82) is 0 Å². The van der Waals surface area contributed by atoms with Gasteiger partial charge in [-0.3, -0.25) is 0 Å². The highest BCUT2D eigenvalue weighted by atomic mass is 14.6. The van der Waals surface area contributed by atoms with Gasteiger partial charge in [-0.1, -0.05) is 11.1 Å². The second-order valence-corrected chi connectivity index (χ2v) is 3.25. The Morgan fingerprint density at radius 3 is 1.88 bits per heavy atom. The zero-order chi connectivity index (χ0) is 5.72.